The summed E-state index contributed by atoms with van der Waals surface area (Å²) in [5, 5.41) is 3.14. The third-order valence-corrected chi connectivity index (χ3v) is 6.68. The second kappa shape index (κ2) is 10.4. The van der Waals surface area contributed by atoms with E-state index in [1.54, 1.807) is 30.3 Å². The second-order valence-electron chi connectivity index (χ2n) is 9.32. The molecule has 3 aromatic rings. The molecule has 36 heavy (non-hydrogen) atoms. The van der Waals surface area contributed by atoms with E-state index in [4.69, 9.17) is 9.47 Å². The quantitative estimate of drug-likeness (QED) is 0.508. The maximum absolute atomic E-state index is 14.1. The maximum atomic E-state index is 14.1. The molecule has 0 radical (unpaired) electrons. The van der Waals surface area contributed by atoms with Crippen LogP contribution < -0.4 is 19.7 Å². The normalized spacial score (nSPS) is 15.8. The third kappa shape index (κ3) is 5.05. The highest BCUT2D eigenvalue weighted by Crippen LogP contribution is 2.35. The monoisotopic (exact) mass is 488 g/mol. The van der Waals surface area contributed by atoms with Gasteiger partial charge in [-0.2, -0.15) is 0 Å². The van der Waals surface area contributed by atoms with E-state index in [0.29, 0.717) is 41.5 Å². The number of rotatable bonds is 6. The summed E-state index contributed by atoms with van der Waals surface area (Å²) in [6.07, 6.45) is 3.93. The fourth-order valence-corrected chi connectivity index (χ4v) is 4.89. The van der Waals surface area contributed by atoms with Crippen molar-refractivity contribution >= 4 is 17.5 Å². The second-order valence-corrected chi connectivity index (χ2v) is 9.32. The number of carbonyl (C=O) groups is 2. The lowest BCUT2D eigenvalue weighted by Gasteiger charge is -2.33. The number of amides is 2. The number of halogens is 1. The zero-order chi connectivity index (χ0) is 25.1. The number of fused-ring (bicyclic) bond motifs is 1. The van der Waals surface area contributed by atoms with Crippen molar-refractivity contribution in [1.29, 1.82) is 0 Å². The van der Waals surface area contributed by atoms with E-state index in [1.807, 2.05) is 31.2 Å². The number of ether oxygens (including phenoxy) is 2. The molecular formula is C29H29FN2O4. The Hall–Kier alpha value is -3.87. The van der Waals surface area contributed by atoms with Gasteiger partial charge in [0.05, 0.1) is 0 Å². The lowest BCUT2D eigenvalue weighted by atomic mass is 10.0. The van der Waals surface area contributed by atoms with E-state index in [2.05, 4.69) is 5.32 Å². The van der Waals surface area contributed by atoms with Crippen LogP contribution in [0.3, 0.4) is 0 Å². The van der Waals surface area contributed by atoms with E-state index in [-0.39, 0.29) is 17.9 Å². The van der Waals surface area contributed by atoms with Crippen LogP contribution in [-0.4, -0.2) is 31.1 Å². The molecule has 1 unspecified atom stereocenters. The van der Waals surface area contributed by atoms with Gasteiger partial charge in [0.1, 0.15) is 25.1 Å². The van der Waals surface area contributed by atoms with Crippen LogP contribution in [0, 0.1) is 12.7 Å². The Morgan fingerprint density at radius 2 is 1.67 bits per heavy atom. The highest BCUT2D eigenvalue weighted by molar-refractivity contribution is 6.10. The lowest BCUT2D eigenvalue weighted by molar-refractivity contribution is -0.123. The molecule has 2 aliphatic rings. The van der Waals surface area contributed by atoms with Crippen molar-refractivity contribution in [3.8, 4) is 11.5 Å². The van der Waals surface area contributed by atoms with Crippen molar-refractivity contribution in [3.63, 3.8) is 0 Å². The van der Waals surface area contributed by atoms with Gasteiger partial charge in [0.15, 0.2) is 11.5 Å². The van der Waals surface area contributed by atoms with Gasteiger partial charge < -0.3 is 14.8 Å². The van der Waals surface area contributed by atoms with Crippen molar-refractivity contribution in [3.05, 3.63) is 89.2 Å². The summed E-state index contributed by atoms with van der Waals surface area (Å²) in [6.45, 7) is 2.78. The number of anilines is 1. The predicted molar refractivity (Wildman–Crippen MR) is 135 cm³/mol. The summed E-state index contributed by atoms with van der Waals surface area (Å²) in [5.74, 6) is 0.00217. The Bertz CT molecular complexity index is 1250. The zero-order valence-corrected chi connectivity index (χ0v) is 20.2. The Labute approximate surface area is 210 Å². The van der Waals surface area contributed by atoms with Crippen LogP contribution >= 0.6 is 0 Å². The Balaban J connectivity index is 1.60. The topological polar surface area (TPSA) is 67.9 Å². The summed E-state index contributed by atoms with van der Waals surface area (Å²) in [7, 11) is 0. The molecule has 1 aliphatic heterocycles. The van der Waals surface area contributed by atoms with Crippen LogP contribution in [0.2, 0.25) is 0 Å². The summed E-state index contributed by atoms with van der Waals surface area (Å²) in [4.78, 5) is 29.4. The first-order valence-electron chi connectivity index (χ1n) is 12.4. The van der Waals surface area contributed by atoms with E-state index >= 15 is 0 Å². The molecule has 0 bridgehead atoms. The third-order valence-electron chi connectivity index (χ3n) is 6.68. The van der Waals surface area contributed by atoms with Crippen LogP contribution in [-0.2, 0) is 4.79 Å². The number of hydrogen-bond acceptors (Lipinski definition) is 4. The van der Waals surface area contributed by atoms with Crippen molar-refractivity contribution in [1.82, 2.24) is 5.32 Å². The number of carbonyl (C=O) groups excluding carboxylic acids is 2. The largest absolute Gasteiger partial charge is 0.486 e. The first-order valence-corrected chi connectivity index (χ1v) is 12.4. The number of benzene rings is 3. The maximum Gasteiger partial charge on any atom is 0.259 e. The van der Waals surface area contributed by atoms with Gasteiger partial charge >= 0.3 is 0 Å². The lowest BCUT2D eigenvalue weighted by Crippen LogP contribution is -2.46. The molecule has 1 aliphatic carbocycles. The molecule has 1 N–H and O–H groups in total. The number of hydrogen-bond donors (Lipinski definition) is 1. The van der Waals surface area contributed by atoms with Gasteiger partial charge in [-0.3, -0.25) is 14.5 Å². The molecule has 1 saturated carbocycles. The van der Waals surface area contributed by atoms with Gasteiger partial charge in [0.2, 0.25) is 5.91 Å². The van der Waals surface area contributed by atoms with Gasteiger partial charge in [0.25, 0.3) is 5.91 Å². The SMILES string of the molecule is Cc1cccc(N(C(=O)c2ccc3c(c2)OCCO3)C(C(=O)NC2CCCC2)c2ccc(F)cc2)c1. The fraction of sp³-hybridized carbons (Fsp3) is 0.310. The van der Waals surface area contributed by atoms with Crippen LogP contribution in [0.1, 0.15) is 53.2 Å². The van der Waals surface area contributed by atoms with Crippen molar-refractivity contribution in [2.24, 2.45) is 0 Å². The minimum Gasteiger partial charge on any atom is -0.486 e. The first kappa shape index (κ1) is 23.9. The number of aryl methyl sites for hydroxylation is 1. The molecule has 5 rings (SSSR count). The van der Waals surface area contributed by atoms with Gasteiger partial charge in [-0.05, 0) is 73.4 Å². The van der Waals surface area contributed by atoms with Gasteiger partial charge in [0, 0.05) is 17.3 Å². The minimum absolute atomic E-state index is 0.0594. The minimum atomic E-state index is -0.992. The summed E-state index contributed by atoms with van der Waals surface area (Å²) in [6, 6.07) is 17.3. The molecule has 1 fully saturated rings. The summed E-state index contributed by atoms with van der Waals surface area (Å²) < 4.78 is 25.1. The summed E-state index contributed by atoms with van der Waals surface area (Å²) in [5.41, 5.74) is 2.41. The molecule has 0 saturated heterocycles. The molecule has 1 heterocycles. The van der Waals surface area contributed by atoms with Gasteiger partial charge in [-0.1, -0.05) is 37.1 Å². The highest BCUT2D eigenvalue weighted by atomic mass is 19.1. The van der Waals surface area contributed by atoms with Crippen LogP contribution in [0.25, 0.3) is 0 Å². The molecule has 7 heteroatoms. The van der Waals surface area contributed by atoms with Crippen molar-refractivity contribution < 1.29 is 23.5 Å². The van der Waals surface area contributed by atoms with E-state index in [0.717, 1.165) is 31.2 Å². The highest BCUT2D eigenvalue weighted by Gasteiger charge is 2.35. The van der Waals surface area contributed by atoms with Crippen molar-refractivity contribution in [2.45, 2.75) is 44.7 Å². The molecule has 6 nitrogen and oxygen atoms in total. The van der Waals surface area contributed by atoms with Crippen LogP contribution in [0.4, 0.5) is 10.1 Å². The Morgan fingerprint density at radius 3 is 2.39 bits per heavy atom. The smallest absolute Gasteiger partial charge is 0.259 e. The van der Waals surface area contributed by atoms with Gasteiger partial charge in [-0.15, -0.1) is 0 Å². The first-order chi connectivity index (χ1) is 17.5. The number of nitrogens with one attached hydrogen (secondary N) is 1. The van der Waals surface area contributed by atoms with Crippen molar-refractivity contribution in [2.75, 3.05) is 18.1 Å². The zero-order valence-electron chi connectivity index (χ0n) is 20.2. The average molecular weight is 489 g/mol. The fourth-order valence-electron chi connectivity index (χ4n) is 4.89. The molecule has 1 atom stereocenters. The molecule has 0 spiro atoms. The number of nitrogens with zero attached hydrogens (tertiary/aromatic N) is 1. The van der Waals surface area contributed by atoms with Gasteiger partial charge in [-0.25, -0.2) is 4.39 Å². The summed E-state index contributed by atoms with van der Waals surface area (Å²) >= 11 is 0. The molecule has 3 aromatic carbocycles. The van der Waals surface area contributed by atoms with E-state index in [1.165, 1.54) is 17.0 Å². The Morgan fingerprint density at radius 1 is 0.944 bits per heavy atom. The average Bonchev–Trinajstić information content (AvgIpc) is 3.40. The molecular weight excluding hydrogens is 459 g/mol. The van der Waals surface area contributed by atoms with E-state index < -0.39 is 11.9 Å². The standard InChI is InChI=1S/C29H29FN2O4/c1-19-5-4-8-24(17-19)32(29(34)21-11-14-25-26(18-21)36-16-15-35-25)27(20-9-12-22(30)13-10-20)28(33)31-23-6-2-3-7-23/h4-5,8-14,17-18,23,27H,2-3,6-7,15-16H2,1H3,(H,31,33). The molecule has 186 valence electrons. The Kier molecular flexibility index (Phi) is 6.89. The van der Waals surface area contributed by atoms with Crippen LogP contribution in [0.5, 0.6) is 11.5 Å². The predicted octanol–water partition coefficient (Wildman–Crippen LogP) is 5.35. The molecule has 0 aromatic heterocycles. The molecule has 2 amide bonds. The van der Waals surface area contributed by atoms with Crippen LogP contribution in [0.15, 0.2) is 66.7 Å². The van der Waals surface area contributed by atoms with E-state index in [9.17, 15) is 14.0 Å².